The lowest BCUT2D eigenvalue weighted by Crippen LogP contribution is -2.34. The van der Waals surface area contributed by atoms with E-state index in [0.717, 1.165) is 18.8 Å². The van der Waals surface area contributed by atoms with Crippen LogP contribution in [0, 0.1) is 15.4 Å². The van der Waals surface area contributed by atoms with E-state index < -0.39 is 0 Å². The highest BCUT2D eigenvalue weighted by Gasteiger charge is 2.21. The van der Waals surface area contributed by atoms with Crippen molar-refractivity contribution in [2.75, 3.05) is 18.4 Å². The van der Waals surface area contributed by atoms with Crippen molar-refractivity contribution in [3.8, 4) is 0 Å². The molecule has 0 aromatic heterocycles. The molecule has 2 rings (SSSR count). The van der Waals surface area contributed by atoms with Crippen LogP contribution < -0.4 is 10.6 Å². The molecule has 0 spiro atoms. The van der Waals surface area contributed by atoms with Crippen LogP contribution in [0.25, 0.3) is 0 Å². The molecule has 4 heteroatoms. The van der Waals surface area contributed by atoms with E-state index in [2.05, 4.69) is 40.1 Å². The number of carbonyl (C=O) groups excluding carboxylic acids is 1. The molecular weight excluding hydrogens is 351 g/mol. The maximum atomic E-state index is 12.0. The Kier molecular flexibility index (Phi) is 5.63. The van der Waals surface area contributed by atoms with Gasteiger partial charge in [0.15, 0.2) is 0 Å². The van der Waals surface area contributed by atoms with Gasteiger partial charge in [-0.1, -0.05) is 6.92 Å². The monoisotopic (exact) mass is 372 g/mol. The van der Waals surface area contributed by atoms with Crippen LogP contribution in [0.15, 0.2) is 24.3 Å². The van der Waals surface area contributed by atoms with E-state index in [1.165, 1.54) is 16.4 Å². The van der Waals surface area contributed by atoms with E-state index in [9.17, 15) is 4.79 Å². The van der Waals surface area contributed by atoms with Crippen LogP contribution in [-0.2, 0) is 4.79 Å². The standard InChI is InChI=1S/C15H21IN2O/c1-11(12-3-2-8-17-10-12)9-15(19)18-14-6-4-13(16)5-7-14/h4-7,11-12,17H,2-3,8-10H2,1H3,(H,18,19). The van der Waals surface area contributed by atoms with E-state index in [4.69, 9.17) is 0 Å². The van der Waals surface area contributed by atoms with Gasteiger partial charge in [0, 0.05) is 15.7 Å². The molecule has 0 aliphatic carbocycles. The van der Waals surface area contributed by atoms with Gasteiger partial charge < -0.3 is 10.6 Å². The number of nitrogens with one attached hydrogen (secondary N) is 2. The Morgan fingerprint density at radius 1 is 1.47 bits per heavy atom. The summed E-state index contributed by atoms with van der Waals surface area (Å²) < 4.78 is 1.18. The molecule has 1 saturated heterocycles. The van der Waals surface area contributed by atoms with Gasteiger partial charge in [0.2, 0.25) is 5.91 Å². The average molecular weight is 372 g/mol. The van der Waals surface area contributed by atoms with Gasteiger partial charge in [-0.05, 0) is 84.6 Å². The fourth-order valence-electron chi connectivity index (χ4n) is 2.57. The third-order valence-electron chi connectivity index (χ3n) is 3.78. The topological polar surface area (TPSA) is 41.1 Å². The molecule has 0 radical (unpaired) electrons. The van der Waals surface area contributed by atoms with Gasteiger partial charge in [-0.2, -0.15) is 0 Å². The van der Waals surface area contributed by atoms with Crippen molar-refractivity contribution >= 4 is 34.2 Å². The number of anilines is 1. The van der Waals surface area contributed by atoms with Crippen LogP contribution in [-0.4, -0.2) is 19.0 Å². The zero-order valence-electron chi connectivity index (χ0n) is 11.3. The van der Waals surface area contributed by atoms with Crippen molar-refractivity contribution in [1.29, 1.82) is 0 Å². The van der Waals surface area contributed by atoms with Crippen molar-refractivity contribution in [2.24, 2.45) is 11.8 Å². The van der Waals surface area contributed by atoms with Crippen LogP contribution in [0.1, 0.15) is 26.2 Å². The fraction of sp³-hybridized carbons (Fsp3) is 0.533. The van der Waals surface area contributed by atoms with Crippen molar-refractivity contribution in [3.05, 3.63) is 27.8 Å². The van der Waals surface area contributed by atoms with Gasteiger partial charge >= 0.3 is 0 Å². The summed E-state index contributed by atoms with van der Waals surface area (Å²) in [6.45, 7) is 4.36. The lowest BCUT2D eigenvalue weighted by Gasteiger charge is -2.28. The lowest BCUT2D eigenvalue weighted by atomic mass is 9.85. The third-order valence-corrected chi connectivity index (χ3v) is 4.49. The van der Waals surface area contributed by atoms with Gasteiger partial charge in [-0.3, -0.25) is 4.79 Å². The molecule has 3 nitrogen and oxygen atoms in total. The largest absolute Gasteiger partial charge is 0.326 e. The van der Waals surface area contributed by atoms with Crippen molar-refractivity contribution in [1.82, 2.24) is 5.32 Å². The second kappa shape index (κ2) is 7.24. The molecule has 1 fully saturated rings. The summed E-state index contributed by atoms with van der Waals surface area (Å²) in [6.07, 6.45) is 3.08. The Bertz CT molecular complexity index is 413. The molecule has 2 unspecified atom stereocenters. The number of amides is 1. The summed E-state index contributed by atoms with van der Waals surface area (Å²) in [4.78, 5) is 12.0. The second-order valence-corrected chi connectivity index (χ2v) is 6.59. The number of carbonyl (C=O) groups is 1. The van der Waals surface area contributed by atoms with E-state index in [1.54, 1.807) is 0 Å². The maximum Gasteiger partial charge on any atom is 0.224 e. The molecule has 2 N–H and O–H groups in total. The first kappa shape index (κ1) is 14.8. The zero-order chi connectivity index (χ0) is 13.7. The molecule has 1 aromatic carbocycles. The molecule has 1 aliphatic heterocycles. The molecular formula is C15H21IN2O. The summed E-state index contributed by atoms with van der Waals surface area (Å²) in [5, 5.41) is 6.39. The summed E-state index contributed by atoms with van der Waals surface area (Å²) >= 11 is 2.26. The predicted molar refractivity (Wildman–Crippen MR) is 87.2 cm³/mol. The molecule has 19 heavy (non-hydrogen) atoms. The van der Waals surface area contributed by atoms with Gasteiger partial charge in [0.1, 0.15) is 0 Å². The maximum absolute atomic E-state index is 12.0. The predicted octanol–water partition coefficient (Wildman–Crippen LogP) is 3.26. The Morgan fingerprint density at radius 3 is 2.84 bits per heavy atom. The van der Waals surface area contributed by atoms with Crippen LogP contribution in [0.4, 0.5) is 5.69 Å². The van der Waals surface area contributed by atoms with Crippen LogP contribution in [0.3, 0.4) is 0 Å². The lowest BCUT2D eigenvalue weighted by molar-refractivity contribution is -0.117. The van der Waals surface area contributed by atoms with Crippen LogP contribution >= 0.6 is 22.6 Å². The number of piperidine rings is 1. The van der Waals surface area contributed by atoms with Crippen LogP contribution in [0.5, 0.6) is 0 Å². The highest BCUT2D eigenvalue weighted by molar-refractivity contribution is 14.1. The Hall–Kier alpha value is -0.620. The van der Waals surface area contributed by atoms with E-state index in [-0.39, 0.29) is 5.91 Å². The van der Waals surface area contributed by atoms with Crippen LogP contribution in [0.2, 0.25) is 0 Å². The minimum atomic E-state index is 0.124. The summed E-state index contributed by atoms with van der Waals surface area (Å²) in [7, 11) is 0. The molecule has 1 aromatic rings. The average Bonchev–Trinajstić information content (AvgIpc) is 2.42. The van der Waals surface area contributed by atoms with Gasteiger partial charge in [-0.25, -0.2) is 0 Å². The molecule has 0 bridgehead atoms. The quantitative estimate of drug-likeness (QED) is 0.797. The first-order chi connectivity index (χ1) is 9.15. The molecule has 0 saturated carbocycles. The number of hydrogen-bond acceptors (Lipinski definition) is 2. The first-order valence-electron chi connectivity index (χ1n) is 6.91. The van der Waals surface area contributed by atoms with E-state index in [1.807, 2.05) is 24.3 Å². The number of rotatable bonds is 4. The molecule has 1 heterocycles. The smallest absolute Gasteiger partial charge is 0.224 e. The van der Waals surface area contributed by atoms with Gasteiger partial charge in [-0.15, -0.1) is 0 Å². The Morgan fingerprint density at radius 2 is 2.21 bits per heavy atom. The molecule has 2 atom stereocenters. The molecule has 104 valence electrons. The second-order valence-electron chi connectivity index (χ2n) is 5.34. The summed E-state index contributed by atoms with van der Waals surface area (Å²) in [6, 6.07) is 7.91. The van der Waals surface area contributed by atoms with Crippen molar-refractivity contribution in [2.45, 2.75) is 26.2 Å². The van der Waals surface area contributed by atoms with Gasteiger partial charge in [0.25, 0.3) is 0 Å². The Labute approximate surface area is 128 Å². The van der Waals surface area contributed by atoms with E-state index >= 15 is 0 Å². The zero-order valence-corrected chi connectivity index (χ0v) is 13.4. The van der Waals surface area contributed by atoms with Crippen molar-refractivity contribution in [3.63, 3.8) is 0 Å². The fourth-order valence-corrected chi connectivity index (χ4v) is 2.93. The normalized spacial score (nSPS) is 20.8. The van der Waals surface area contributed by atoms with Crippen molar-refractivity contribution < 1.29 is 4.79 Å². The number of benzene rings is 1. The number of halogens is 1. The minimum absolute atomic E-state index is 0.124. The summed E-state index contributed by atoms with van der Waals surface area (Å²) in [5.74, 6) is 1.20. The first-order valence-corrected chi connectivity index (χ1v) is 7.99. The Balaban J connectivity index is 1.81. The third kappa shape index (κ3) is 4.76. The minimum Gasteiger partial charge on any atom is -0.326 e. The SMILES string of the molecule is CC(CC(=O)Nc1ccc(I)cc1)C1CCCNC1. The molecule has 1 amide bonds. The summed E-state index contributed by atoms with van der Waals surface area (Å²) in [5.41, 5.74) is 0.888. The highest BCUT2D eigenvalue weighted by atomic mass is 127. The highest BCUT2D eigenvalue weighted by Crippen LogP contribution is 2.23. The number of hydrogen-bond donors (Lipinski definition) is 2. The van der Waals surface area contributed by atoms with E-state index in [0.29, 0.717) is 18.3 Å². The molecule has 1 aliphatic rings. The van der Waals surface area contributed by atoms with Gasteiger partial charge in [0.05, 0.1) is 0 Å².